The van der Waals surface area contributed by atoms with Gasteiger partial charge in [-0.25, -0.2) is 0 Å². The van der Waals surface area contributed by atoms with Crippen molar-refractivity contribution in [1.29, 1.82) is 0 Å². The van der Waals surface area contributed by atoms with Gasteiger partial charge >= 0.3 is 0 Å². The lowest BCUT2D eigenvalue weighted by atomic mass is 10.1. The Balaban J connectivity index is 3.15. The molecule has 0 fully saturated rings. The van der Waals surface area contributed by atoms with E-state index < -0.39 is 0 Å². The van der Waals surface area contributed by atoms with Crippen LogP contribution in [0.4, 0.5) is 0 Å². The van der Waals surface area contributed by atoms with Crippen LogP contribution in [0.5, 0.6) is 5.75 Å². The van der Waals surface area contributed by atoms with E-state index in [9.17, 15) is 0 Å². The van der Waals surface area contributed by atoms with Gasteiger partial charge in [-0.1, -0.05) is 23.2 Å². The summed E-state index contributed by atoms with van der Waals surface area (Å²) in [7, 11) is 1.60. The van der Waals surface area contributed by atoms with Crippen LogP contribution in [-0.2, 0) is 6.42 Å². The SMILES string of the molecule is COc1ccc(Cl)c(Cl)c1CCN. The maximum Gasteiger partial charge on any atom is 0.123 e. The number of methoxy groups -OCH3 is 1. The Morgan fingerprint density at radius 2 is 2.08 bits per heavy atom. The summed E-state index contributed by atoms with van der Waals surface area (Å²) in [6, 6.07) is 3.50. The Morgan fingerprint density at radius 3 is 2.62 bits per heavy atom. The highest BCUT2D eigenvalue weighted by molar-refractivity contribution is 6.42. The van der Waals surface area contributed by atoms with Crippen LogP contribution in [0.2, 0.25) is 10.0 Å². The molecule has 1 rings (SSSR count). The highest BCUT2D eigenvalue weighted by atomic mass is 35.5. The Hall–Kier alpha value is -0.440. The van der Waals surface area contributed by atoms with Gasteiger partial charge in [-0.15, -0.1) is 0 Å². The van der Waals surface area contributed by atoms with Crippen molar-refractivity contribution in [3.8, 4) is 5.75 Å². The summed E-state index contributed by atoms with van der Waals surface area (Å²) in [5.74, 6) is 0.736. The van der Waals surface area contributed by atoms with E-state index in [0.717, 1.165) is 11.3 Å². The Morgan fingerprint density at radius 1 is 1.38 bits per heavy atom. The van der Waals surface area contributed by atoms with Gasteiger partial charge in [0.1, 0.15) is 5.75 Å². The number of rotatable bonds is 3. The summed E-state index contributed by atoms with van der Waals surface area (Å²) in [6.07, 6.45) is 0.669. The molecule has 0 heterocycles. The maximum absolute atomic E-state index is 5.99. The fourth-order valence-corrected chi connectivity index (χ4v) is 1.57. The molecule has 0 saturated carbocycles. The van der Waals surface area contributed by atoms with Crippen LogP contribution in [-0.4, -0.2) is 13.7 Å². The van der Waals surface area contributed by atoms with Gasteiger partial charge in [0.15, 0.2) is 0 Å². The number of hydrogen-bond acceptors (Lipinski definition) is 2. The summed E-state index contributed by atoms with van der Waals surface area (Å²) >= 11 is 11.8. The van der Waals surface area contributed by atoms with E-state index in [-0.39, 0.29) is 0 Å². The number of nitrogens with two attached hydrogens (primary N) is 1. The van der Waals surface area contributed by atoms with Crippen molar-refractivity contribution in [2.24, 2.45) is 5.73 Å². The molecule has 0 aliphatic carbocycles. The molecule has 2 N–H and O–H groups in total. The van der Waals surface area contributed by atoms with Gasteiger partial charge in [0.2, 0.25) is 0 Å². The zero-order chi connectivity index (χ0) is 9.84. The molecular weight excluding hydrogens is 209 g/mol. The highest BCUT2D eigenvalue weighted by Gasteiger charge is 2.09. The number of halogens is 2. The average molecular weight is 220 g/mol. The summed E-state index contributed by atoms with van der Waals surface area (Å²) < 4.78 is 5.14. The monoisotopic (exact) mass is 219 g/mol. The highest BCUT2D eigenvalue weighted by Crippen LogP contribution is 2.32. The summed E-state index contributed by atoms with van der Waals surface area (Å²) in [5.41, 5.74) is 6.32. The molecule has 0 aromatic heterocycles. The lowest BCUT2D eigenvalue weighted by Gasteiger charge is -2.10. The molecule has 4 heteroatoms. The van der Waals surface area contributed by atoms with Crippen LogP contribution in [0.3, 0.4) is 0 Å². The standard InChI is InChI=1S/C9H11Cl2NO/c1-13-8-3-2-7(10)9(11)6(8)4-5-12/h2-3H,4-5,12H2,1H3. The minimum Gasteiger partial charge on any atom is -0.496 e. The van der Waals surface area contributed by atoms with E-state index in [1.165, 1.54) is 0 Å². The van der Waals surface area contributed by atoms with Crippen LogP contribution < -0.4 is 10.5 Å². The second kappa shape index (κ2) is 4.70. The molecule has 0 saturated heterocycles. The van der Waals surface area contributed by atoms with E-state index in [1.54, 1.807) is 19.2 Å². The third-order valence-corrected chi connectivity index (χ3v) is 2.61. The summed E-state index contributed by atoms with van der Waals surface area (Å²) in [6.45, 7) is 0.524. The molecule has 2 nitrogen and oxygen atoms in total. The normalized spacial score (nSPS) is 10.2. The smallest absolute Gasteiger partial charge is 0.123 e. The predicted molar refractivity (Wildman–Crippen MR) is 55.8 cm³/mol. The fourth-order valence-electron chi connectivity index (χ4n) is 1.14. The molecule has 0 amide bonds. The van der Waals surface area contributed by atoms with Crippen LogP contribution in [0.1, 0.15) is 5.56 Å². The Bertz CT molecular complexity index is 302. The number of hydrogen-bond donors (Lipinski definition) is 1. The van der Waals surface area contributed by atoms with Crippen LogP contribution in [0.15, 0.2) is 12.1 Å². The first-order valence-electron chi connectivity index (χ1n) is 3.91. The third kappa shape index (κ3) is 2.27. The van der Waals surface area contributed by atoms with Gasteiger partial charge < -0.3 is 10.5 Å². The van der Waals surface area contributed by atoms with E-state index in [1.807, 2.05) is 0 Å². The van der Waals surface area contributed by atoms with Crippen molar-refractivity contribution in [3.05, 3.63) is 27.7 Å². The van der Waals surface area contributed by atoms with Gasteiger partial charge in [-0.2, -0.15) is 0 Å². The van der Waals surface area contributed by atoms with Crippen molar-refractivity contribution in [2.45, 2.75) is 6.42 Å². The topological polar surface area (TPSA) is 35.2 Å². The van der Waals surface area contributed by atoms with Crippen molar-refractivity contribution in [3.63, 3.8) is 0 Å². The fraction of sp³-hybridized carbons (Fsp3) is 0.333. The van der Waals surface area contributed by atoms with Crippen molar-refractivity contribution < 1.29 is 4.74 Å². The molecule has 1 aromatic rings. The van der Waals surface area contributed by atoms with E-state index in [0.29, 0.717) is 23.0 Å². The molecule has 0 atom stereocenters. The van der Waals surface area contributed by atoms with Crippen molar-refractivity contribution in [2.75, 3.05) is 13.7 Å². The Kier molecular flexibility index (Phi) is 3.85. The number of benzene rings is 1. The zero-order valence-electron chi connectivity index (χ0n) is 7.31. The van der Waals surface area contributed by atoms with Crippen LogP contribution >= 0.6 is 23.2 Å². The van der Waals surface area contributed by atoms with Crippen LogP contribution in [0, 0.1) is 0 Å². The first-order valence-corrected chi connectivity index (χ1v) is 4.67. The van der Waals surface area contributed by atoms with Gasteiger partial charge in [0.05, 0.1) is 17.2 Å². The molecule has 0 radical (unpaired) electrons. The minimum atomic E-state index is 0.524. The molecule has 13 heavy (non-hydrogen) atoms. The zero-order valence-corrected chi connectivity index (χ0v) is 8.82. The molecule has 0 aliphatic rings. The molecule has 0 aliphatic heterocycles. The lowest BCUT2D eigenvalue weighted by molar-refractivity contribution is 0.410. The van der Waals surface area contributed by atoms with Crippen molar-refractivity contribution in [1.82, 2.24) is 0 Å². The number of ether oxygens (including phenoxy) is 1. The molecule has 0 spiro atoms. The Labute approximate surface area is 87.6 Å². The molecule has 0 unspecified atom stereocenters. The van der Waals surface area contributed by atoms with Crippen molar-refractivity contribution >= 4 is 23.2 Å². The molecular formula is C9H11Cl2NO. The van der Waals surface area contributed by atoms with Crippen LogP contribution in [0.25, 0.3) is 0 Å². The molecule has 0 bridgehead atoms. The summed E-state index contributed by atoms with van der Waals surface area (Å²) in [4.78, 5) is 0. The summed E-state index contributed by atoms with van der Waals surface area (Å²) in [5, 5.41) is 1.07. The second-order valence-corrected chi connectivity index (χ2v) is 3.37. The first-order chi connectivity index (χ1) is 6.20. The second-order valence-electron chi connectivity index (χ2n) is 2.58. The van der Waals surface area contributed by atoms with Gasteiger partial charge in [0, 0.05) is 5.56 Å². The van der Waals surface area contributed by atoms with E-state index >= 15 is 0 Å². The lowest BCUT2D eigenvalue weighted by Crippen LogP contribution is -2.05. The first kappa shape index (κ1) is 10.6. The molecule has 72 valence electrons. The average Bonchev–Trinajstić information content (AvgIpc) is 2.14. The van der Waals surface area contributed by atoms with Gasteiger partial charge in [-0.05, 0) is 25.1 Å². The minimum absolute atomic E-state index is 0.524. The van der Waals surface area contributed by atoms with E-state index in [4.69, 9.17) is 33.7 Å². The van der Waals surface area contributed by atoms with E-state index in [2.05, 4.69) is 0 Å². The molecule has 1 aromatic carbocycles. The maximum atomic E-state index is 5.99. The predicted octanol–water partition coefficient (Wildman–Crippen LogP) is 2.50. The third-order valence-electron chi connectivity index (χ3n) is 1.77. The quantitative estimate of drug-likeness (QED) is 0.849. The van der Waals surface area contributed by atoms with Gasteiger partial charge in [0.25, 0.3) is 0 Å². The van der Waals surface area contributed by atoms with Gasteiger partial charge in [-0.3, -0.25) is 0 Å². The largest absolute Gasteiger partial charge is 0.496 e.